The first-order valence-corrected chi connectivity index (χ1v) is 9.67. The van der Waals surface area contributed by atoms with E-state index in [9.17, 15) is 13.2 Å². The number of likely N-dealkylation sites (tertiary alicyclic amines) is 1. The van der Waals surface area contributed by atoms with Gasteiger partial charge in [0.25, 0.3) is 5.91 Å². The van der Waals surface area contributed by atoms with Crippen LogP contribution < -0.4 is 10.0 Å². The molecule has 0 spiro atoms. The first-order chi connectivity index (χ1) is 10.9. The van der Waals surface area contributed by atoms with E-state index in [2.05, 4.69) is 10.0 Å². The fraction of sp³-hybridized carbons (Fsp3) is 0.562. The van der Waals surface area contributed by atoms with E-state index < -0.39 is 10.0 Å². The molecule has 1 aliphatic heterocycles. The largest absolute Gasteiger partial charge is 0.337 e. The number of amides is 1. The highest BCUT2D eigenvalue weighted by Crippen LogP contribution is 2.17. The number of piperidine rings is 1. The standard InChI is InChI=1S/C16H25N3O3S/c1-3-10-23(21,22)18-14-7-4-6-13(11-14)16(20)19-9-5-8-15(12-19)17-2/h4,6-7,11,15,17-18H,3,5,8-10,12H2,1-2H3. The van der Waals surface area contributed by atoms with Gasteiger partial charge in [-0.2, -0.15) is 0 Å². The maximum Gasteiger partial charge on any atom is 0.253 e. The van der Waals surface area contributed by atoms with E-state index in [1.54, 1.807) is 24.3 Å². The van der Waals surface area contributed by atoms with Crippen LogP contribution in [0.25, 0.3) is 0 Å². The summed E-state index contributed by atoms with van der Waals surface area (Å²) < 4.78 is 26.2. The van der Waals surface area contributed by atoms with Gasteiger partial charge in [-0.15, -0.1) is 0 Å². The van der Waals surface area contributed by atoms with Gasteiger partial charge in [0.1, 0.15) is 0 Å². The van der Waals surface area contributed by atoms with E-state index in [1.165, 1.54) is 0 Å². The minimum absolute atomic E-state index is 0.0542. The van der Waals surface area contributed by atoms with Gasteiger partial charge in [-0.25, -0.2) is 8.42 Å². The van der Waals surface area contributed by atoms with Crippen molar-refractivity contribution < 1.29 is 13.2 Å². The fourth-order valence-corrected chi connectivity index (χ4v) is 3.92. The number of carbonyl (C=O) groups excluding carboxylic acids is 1. The second-order valence-electron chi connectivity index (χ2n) is 5.88. The summed E-state index contributed by atoms with van der Waals surface area (Å²) in [5, 5.41) is 3.21. The van der Waals surface area contributed by atoms with Gasteiger partial charge in [0.15, 0.2) is 0 Å². The molecule has 0 aliphatic carbocycles. The Morgan fingerprint density at radius 1 is 1.39 bits per heavy atom. The van der Waals surface area contributed by atoms with Crippen LogP contribution in [0.1, 0.15) is 36.5 Å². The number of nitrogens with zero attached hydrogens (tertiary/aromatic N) is 1. The fourth-order valence-electron chi connectivity index (χ4n) is 2.79. The predicted octanol–water partition coefficient (Wildman–Crippen LogP) is 1.66. The molecule has 1 aromatic rings. The number of hydrogen-bond donors (Lipinski definition) is 2. The van der Waals surface area contributed by atoms with Crippen molar-refractivity contribution in [3.8, 4) is 0 Å². The lowest BCUT2D eigenvalue weighted by molar-refractivity contribution is 0.0698. The van der Waals surface area contributed by atoms with Gasteiger partial charge in [0.05, 0.1) is 5.75 Å². The molecule has 7 heteroatoms. The van der Waals surface area contributed by atoms with Gasteiger partial charge in [0.2, 0.25) is 10.0 Å². The van der Waals surface area contributed by atoms with E-state index in [0.717, 1.165) is 19.4 Å². The van der Waals surface area contributed by atoms with Crippen molar-refractivity contribution in [2.45, 2.75) is 32.2 Å². The predicted molar refractivity (Wildman–Crippen MR) is 92.1 cm³/mol. The SMILES string of the molecule is CCCS(=O)(=O)Nc1cccc(C(=O)N2CCCC(NC)C2)c1. The molecule has 1 fully saturated rings. The Hall–Kier alpha value is -1.60. The molecule has 2 rings (SSSR count). The molecule has 23 heavy (non-hydrogen) atoms. The molecule has 1 heterocycles. The van der Waals surface area contributed by atoms with Gasteiger partial charge < -0.3 is 10.2 Å². The van der Waals surface area contributed by atoms with E-state index >= 15 is 0 Å². The smallest absolute Gasteiger partial charge is 0.253 e. The summed E-state index contributed by atoms with van der Waals surface area (Å²) >= 11 is 0. The summed E-state index contributed by atoms with van der Waals surface area (Å²) in [4.78, 5) is 14.4. The van der Waals surface area contributed by atoms with Gasteiger partial charge in [0, 0.05) is 30.4 Å². The highest BCUT2D eigenvalue weighted by Gasteiger charge is 2.23. The average Bonchev–Trinajstić information content (AvgIpc) is 2.54. The number of benzene rings is 1. The third-order valence-electron chi connectivity index (χ3n) is 3.97. The summed E-state index contributed by atoms with van der Waals surface area (Å²) in [6, 6.07) is 7.02. The van der Waals surface area contributed by atoms with E-state index in [1.807, 2.05) is 18.9 Å². The van der Waals surface area contributed by atoms with E-state index in [-0.39, 0.29) is 11.7 Å². The maximum atomic E-state index is 12.6. The quantitative estimate of drug-likeness (QED) is 0.826. The Morgan fingerprint density at radius 2 is 2.17 bits per heavy atom. The topological polar surface area (TPSA) is 78.5 Å². The molecule has 1 aliphatic rings. The number of anilines is 1. The van der Waals surface area contributed by atoms with Crippen LogP contribution in [0.15, 0.2) is 24.3 Å². The average molecular weight is 339 g/mol. The van der Waals surface area contributed by atoms with Crippen molar-refractivity contribution >= 4 is 21.6 Å². The van der Waals surface area contributed by atoms with Crippen LogP contribution in [0.5, 0.6) is 0 Å². The third kappa shape index (κ3) is 4.94. The van der Waals surface area contributed by atoms with Crippen LogP contribution >= 0.6 is 0 Å². The minimum atomic E-state index is -3.35. The minimum Gasteiger partial charge on any atom is -0.337 e. The highest BCUT2D eigenvalue weighted by atomic mass is 32.2. The number of likely N-dealkylation sites (N-methyl/N-ethyl adjacent to an activating group) is 1. The maximum absolute atomic E-state index is 12.6. The first kappa shape index (κ1) is 17.7. The van der Waals surface area contributed by atoms with Gasteiger partial charge in [-0.1, -0.05) is 13.0 Å². The van der Waals surface area contributed by atoms with E-state index in [4.69, 9.17) is 0 Å². The monoisotopic (exact) mass is 339 g/mol. The molecule has 0 aromatic heterocycles. The Balaban J connectivity index is 2.11. The van der Waals surface area contributed by atoms with Crippen molar-refractivity contribution in [2.75, 3.05) is 30.6 Å². The van der Waals surface area contributed by atoms with Crippen molar-refractivity contribution in [2.24, 2.45) is 0 Å². The lowest BCUT2D eigenvalue weighted by Crippen LogP contribution is -2.46. The lowest BCUT2D eigenvalue weighted by atomic mass is 10.0. The van der Waals surface area contributed by atoms with Crippen LogP contribution in [-0.2, 0) is 10.0 Å². The van der Waals surface area contributed by atoms with Crippen LogP contribution in [0.2, 0.25) is 0 Å². The molecule has 0 bridgehead atoms. The molecule has 0 saturated carbocycles. The molecular formula is C16H25N3O3S. The normalized spacial score (nSPS) is 18.7. The molecule has 1 aromatic carbocycles. The molecule has 1 atom stereocenters. The van der Waals surface area contributed by atoms with Gasteiger partial charge in [-0.3, -0.25) is 9.52 Å². The van der Waals surface area contributed by atoms with Gasteiger partial charge in [-0.05, 0) is 44.5 Å². The van der Waals surface area contributed by atoms with Crippen LogP contribution in [0.4, 0.5) is 5.69 Å². The number of sulfonamides is 1. The Bertz CT molecular complexity index is 646. The molecule has 2 N–H and O–H groups in total. The summed E-state index contributed by atoms with van der Waals surface area (Å²) in [6.07, 6.45) is 2.59. The summed E-state index contributed by atoms with van der Waals surface area (Å²) in [6.45, 7) is 3.23. The zero-order chi connectivity index (χ0) is 16.9. The first-order valence-electron chi connectivity index (χ1n) is 8.02. The molecular weight excluding hydrogens is 314 g/mol. The second kappa shape index (κ2) is 7.79. The number of carbonyl (C=O) groups is 1. The Kier molecular flexibility index (Phi) is 6.01. The summed E-state index contributed by atoms with van der Waals surface area (Å²) in [5.74, 6) is 0.0164. The second-order valence-corrected chi connectivity index (χ2v) is 7.72. The van der Waals surface area contributed by atoms with Crippen molar-refractivity contribution in [1.82, 2.24) is 10.2 Å². The zero-order valence-corrected chi connectivity index (χ0v) is 14.5. The van der Waals surface area contributed by atoms with Crippen molar-refractivity contribution in [3.05, 3.63) is 29.8 Å². The lowest BCUT2D eigenvalue weighted by Gasteiger charge is -2.32. The van der Waals surface area contributed by atoms with Gasteiger partial charge >= 0.3 is 0 Å². The number of rotatable bonds is 6. The number of nitrogens with one attached hydrogen (secondary N) is 2. The van der Waals surface area contributed by atoms with Crippen molar-refractivity contribution in [3.63, 3.8) is 0 Å². The third-order valence-corrected chi connectivity index (χ3v) is 5.46. The van der Waals surface area contributed by atoms with Crippen molar-refractivity contribution in [1.29, 1.82) is 0 Å². The summed E-state index contributed by atoms with van der Waals surface area (Å²) in [5.41, 5.74) is 0.949. The Morgan fingerprint density at radius 3 is 2.87 bits per heavy atom. The van der Waals surface area contributed by atoms with Crippen LogP contribution in [0.3, 0.4) is 0 Å². The van der Waals surface area contributed by atoms with E-state index in [0.29, 0.717) is 30.3 Å². The molecule has 0 radical (unpaired) electrons. The molecule has 1 saturated heterocycles. The molecule has 6 nitrogen and oxygen atoms in total. The molecule has 1 amide bonds. The number of hydrogen-bond acceptors (Lipinski definition) is 4. The molecule has 1 unspecified atom stereocenters. The zero-order valence-electron chi connectivity index (χ0n) is 13.7. The van der Waals surface area contributed by atoms with Crippen LogP contribution in [-0.4, -0.2) is 51.2 Å². The Labute approximate surface area is 138 Å². The molecule has 128 valence electrons. The summed E-state index contributed by atoms with van der Waals surface area (Å²) in [7, 11) is -1.45. The van der Waals surface area contributed by atoms with Crippen LogP contribution in [0, 0.1) is 0 Å². The highest BCUT2D eigenvalue weighted by molar-refractivity contribution is 7.92.